The van der Waals surface area contributed by atoms with Crippen LogP contribution in [-0.4, -0.2) is 45.5 Å². The Hall–Kier alpha value is -0.680. The molecule has 126 valence electrons. The van der Waals surface area contributed by atoms with E-state index >= 15 is 0 Å². The fraction of sp³-hybridized carbons (Fsp3) is 1.00. The molecule has 3 nitrogen and oxygen atoms in total. The number of halogens is 8. The topological polar surface area (TPSA) is 49.7 Å². The third kappa shape index (κ3) is 2.29. The Bertz CT molecular complexity index is 418. The van der Waals surface area contributed by atoms with Crippen LogP contribution in [0.25, 0.3) is 0 Å². The maximum atomic E-state index is 13.8. The molecule has 1 rings (SSSR count). The molecule has 1 saturated heterocycles. The van der Waals surface area contributed by atoms with E-state index in [1.807, 2.05) is 0 Å². The van der Waals surface area contributed by atoms with Gasteiger partial charge in [0.1, 0.15) is 5.60 Å². The monoisotopic (exact) mass is 332 g/mol. The molecule has 1 aliphatic rings. The molecule has 0 aliphatic carbocycles. The largest absolute Gasteiger partial charge is 0.449 e. The lowest BCUT2D eigenvalue weighted by Crippen LogP contribution is -2.78. The average Bonchev–Trinajstić information content (AvgIpc) is 2.23. The van der Waals surface area contributed by atoms with Crippen LogP contribution in [-0.2, 0) is 4.74 Å². The minimum atomic E-state index is -6.26. The zero-order valence-electron chi connectivity index (χ0n) is 10.7. The molecule has 1 fully saturated rings. The molecule has 1 heterocycles. The highest BCUT2D eigenvalue weighted by Crippen LogP contribution is 2.59. The van der Waals surface area contributed by atoms with Crippen molar-refractivity contribution in [3.63, 3.8) is 0 Å². The fourth-order valence-corrected chi connectivity index (χ4v) is 2.15. The summed E-state index contributed by atoms with van der Waals surface area (Å²) in [6.45, 7) is 0.826. The Morgan fingerprint density at radius 2 is 1.43 bits per heavy atom. The van der Waals surface area contributed by atoms with Crippen LogP contribution >= 0.6 is 0 Å². The molecule has 3 unspecified atom stereocenters. The van der Waals surface area contributed by atoms with E-state index in [1.54, 1.807) is 0 Å². The molecule has 0 aromatic heterocycles. The maximum absolute atomic E-state index is 13.8. The molecule has 1 aliphatic heterocycles. The lowest BCUT2D eigenvalue weighted by molar-refractivity contribution is -0.516. The van der Waals surface area contributed by atoms with Gasteiger partial charge in [-0.15, -0.1) is 0 Å². The molecule has 0 spiro atoms. The minimum Gasteiger partial charge on any atom is -0.383 e. The normalized spacial score (nSPS) is 41.1. The summed E-state index contributed by atoms with van der Waals surface area (Å²) in [6, 6.07) is 0. The van der Waals surface area contributed by atoms with Gasteiger partial charge in [-0.3, -0.25) is 0 Å². The van der Waals surface area contributed by atoms with E-state index in [-0.39, 0.29) is 6.92 Å². The van der Waals surface area contributed by atoms with E-state index < -0.39 is 48.1 Å². The third-order valence-electron chi connectivity index (χ3n) is 3.58. The predicted octanol–water partition coefficient (Wildman–Crippen LogP) is 2.76. The second-order valence-corrected chi connectivity index (χ2v) is 5.11. The first-order valence-electron chi connectivity index (χ1n) is 5.64. The van der Waals surface area contributed by atoms with Gasteiger partial charge < -0.3 is 14.9 Å². The molecule has 3 atom stereocenters. The summed E-state index contributed by atoms with van der Waals surface area (Å²) in [6.07, 6.45) is -14.8. The fourth-order valence-electron chi connectivity index (χ4n) is 2.15. The number of alkyl halides is 8. The highest BCUT2D eigenvalue weighted by Gasteiger charge is 2.84. The predicted molar refractivity (Wildman–Crippen MR) is 51.4 cm³/mol. The average molecular weight is 332 g/mol. The van der Waals surface area contributed by atoms with Crippen molar-refractivity contribution in [3.05, 3.63) is 0 Å². The zero-order valence-corrected chi connectivity index (χ0v) is 10.7. The smallest absolute Gasteiger partial charge is 0.383 e. The molecule has 21 heavy (non-hydrogen) atoms. The van der Waals surface area contributed by atoms with Crippen LogP contribution in [0.4, 0.5) is 35.1 Å². The van der Waals surface area contributed by atoms with E-state index in [4.69, 9.17) is 5.11 Å². The van der Waals surface area contributed by atoms with E-state index in [2.05, 4.69) is 4.74 Å². The van der Waals surface area contributed by atoms with Crippen molar-refractivity contribution in [2.24, 2.45) is 0 Å². The van der Waals surface area contributed by atoms with Crippen LogP contribution in [0.15, 0.2) is 0 Å². The molecule has 2 N–H and O–H groups in total. The molecule has 0 saturated carbocycles. The van der Waals surface area contributed by atoms with Crippen molar-refractivity contribution >= 4 is 0 Å². The number of aliphatic hydroxyl groups is 2. The summed E-state index contributed by atoms with van der Waals surface area (Å²) in [5.41, 5.74) is -7.55. The SMILES string of the molecule is CCC1(O)CC(C)(C(F)(F)F)OC(O)(C(F)(F)F)C1(F)F. The Morgan fingerprint density at radius 3 is 1.71 bits per heavy atom. The summed E-state index contributed by atoms with van der Waals surface area (Å²) in [4.78, 5) is 0. The van der Waals surface area contributed by atoms with Gasteiger partial charge in [0, 0.05) is 6.42 Å². The van der Waals surface area contributed by atoms with Crippen molar-refractivity contribution in [3.8, 4) is 0 Å². The molecule has 0 aromatic carbocycles. The number of hydrogen-bond donors (Lipinski definition) is 2. The van der Waals surface area contributed by atoms with Gasteiger partial charge in [0.05, 0.1) is 0 Å². The molecule has 0 aromatic rings. The summed E-state index contributed by atoms with van der Waals surface area (Å²) in [5.74, 6) is -10.9. The molecular formula is C10H12F8O3. The lowest BCUT2D eigenvalue weighted by atomic mass is 9.74. The van der Waals surface area contributed by atoms with Crippen LogP contribution in [0.3, 0.4) is 0 Å². The number of ether oxygens (including phenoxy) is 1. The second-order valence-electron chi connectivity index (χ2n) is 5.11. The Morgan fingerprint density at radius 1 is 1.00 bits per heavy atom. The van der Waals surface area contributed by atoms with E-state index in [9.17, 15) is 40.2 Å². The summed E-state index contributed by atoms with van der Waals surface area (Å²) >= 11 is 0. The Kier molecular flexibility index (Phi) is 3.86. The highest BCUT2D eigenvalue weighted by molar-refractivity contribution is 5.13. The van der Waals surface area contributed by atoms with Gasteiger partial charge in [0.15, 0.2) is 5.60 Å². The third-order valence-corrected chi connectivity index (χ3v) is 3.58. The first kappa shape index (κ1) is 18.4. The van der Waals surface area contributed by atoms with Gasteiger partial charge in [0.25, 0.3) is 0 Å². The van der Waals surface area contributed by atoms with Gasteiger partial charge in [-0.1, -0.05) is 6.92 Å². The van der Waals surface area contributed by atoms with Crippen molar-refractivity contribution in [1.29, 1.82) is 0 Å². The van der Waals surface area contributed by atoms with Crippen LogP contribution in [0, 0.1) is 0 Å². The molecular weight excluding hydrogens is 320 g/mol. The second kappa shape index (κ2) is 4.42. The van der Waals surface area contributed by atoms with E-state index in [0.29, 0.717) is 0 Å². The Balaban J connectivity index is 3.57. The van der Waals surface area contributed by atoms with Crippen LogP contribution in [0.1, 0.15) is 26.7 Å². The van der Waals surface area contributed by atoms with Crippen molar-refractivity contribution in [2.45, 2.75) is 62.0 Å². The summed E-state index contributed by atoms with van der Waals surface area (Å²) in [5, 5.41) is 18.8. The van der Waals surface area contributed by atoms with Crippen LogP contribution in [0.2, 0.25) is 0 Å². The van der Waals surface area contributed by atoms with Crippen molar-refractivity contribution in [1.82, 2.24) is 0 Å². The van der Waals surface area contributed by atoms with Gasteiger partial charge in [-0.25, -0.2) is 0 Å². The van der Waals surface area contributed by atoms with E-state index in [0.717, 1.165) is 6.92 Å². The van der Waals surface area contributed by atoms with Crippen LogP contribution < -0.4 is 0 Å². The first-order valence-corrected chi connectivity index (χ1v) is 5.64. The summed E-state index contributed by atoms with van der Waals surface area (Å²) < 4.78 is 108. The molecule has 0 amide bonds. The van der Waals surface area contributed by atoms with E-state index in [1.165, 1.54) is 0 Å². The minimum absolute atomic E-state index is 0.0551. The number of rotatable bonds is 1. The molecule has 11 heteroatoms. The lowest BCUT2D eigenvalue weighted by Gasteiger charge is -2.54. The van der Waals surface area contributed by atoms with Crippen molar-refractivity contribution in [2.75, 3.05) is 0 Å². The highest BCUT2D eigenvalue weighted by atomic mass is 19.4. The quantitative estimate of drug-likeness (QED) is 0.726. The van der Waals surface area contributed by atoms with Gasteiger partial charge in [0.2, 0.25) is 0 Å². The number of hydrogen-bond acceptors (Lipinski definition) is 3. The zero-order chi connectivity index (χ0) is 17.1. The molecule has 0 bridgehead atoms. The standard InChI is InChI=1S/C10H12F8O3/c1-3-6(19)4-5(2,9(13,14)15)21-8(20,7(6,11)12)10(16,17)18/h19-20H,3-4H2,1-2H3. The van der Waals surface area contributed by atoms with Crippen molar-refractivity contribution < 1.29 is 50.1 Å². The molecule has 0 radical (unpaired) electrons. The maximum Gasteiger partial charge on any atom is 0.449 e. The van der Waals surface area contributed by atoms with Gasteiger partial charge in [-0.2, -0.15) is 35.1 Å². The van der Waals surface area contributed by atoms with Crippen LogP contribution in [0.5, 0.6) is 0 Å². The Labute approximate surface area is 113 Å². The van der Waals surface area contributed by atoms with Gasteiger partial charge in [-0.05, 0) is 13.3 Å². The summed E-state index contributed by atoms with van der Waals surface area (Å²) in [7, 11) is 0. The first-order chi connectivity index (χ1) is 8.97. The van der Waals surface area contributed by atoms with Gasteiger partial charge >= 0.3 is 24.1 Å².